The molecule has 50 valence electrons. The lowest BCUT2D eigenvalue weighted by molar-refractivity contribution is 1.14. The molecule has 0 saturated heterocycles. The summed E-state index contributed by atoms with van der Waals surface area (Å²) in [6.45, 7) is 9.08. The smallest absolute Gasteiger partial charge is 0.0542 e. The fourth-order valence-electron chi connectivity index (χ4n) is 0.363. The van der Waals surface area contributed by atoms with E-state index >= 15 is 0 Å². The van der Waals surface area contributed by atoms with Crippen molar-refractivity contribution in [2.24, 2.45) is 4.99 Å². The Morgan fingerprint density at radius 2 is 2.22 bits per heavy atom. The molecule has 0 saturated carbocycles. The topological polar surface area (TPSA) is 24.4 Å². The molecule has 0 aliphatic carbocycles. The van der Waals surface area contributed by atoms with Gasteiger partial charge in [-0.3, -0.25) is 4.99 Å². The van der Waals surface area contributed by atoms with Crippen molar-refractivity contribution in [3.63, 3.8) is 0 Å². The SMILES string of the molecule is C=CNC(=C)C(C)=NC. The monoisotopic (exact) mass is 124 g/mol. The molecule has 0 atom stereocenters. The van der Waals surface area contributed by atoms with E-state index in [1.807, 2.05) is 6.92 Å². The summed E-state index contributed by atoms with van der Waals surface area (Å²) in [6.07, 6.45) is 1.58. The maximum atomic E-state index is 3.91. The number of allylic oxidation sites excluding steroid dienone is 1. The first-order valence-electron chi connectivity index (χ1n) is 2.72. The average Bonchev–Trinajstić information content (AvgIpc) is 1.87. The zero-order valence-electron chi connectivity index (χ0n) is 5.94. The molecule has 2 heteroatoms. The van der Waals surface area contributed by atoms with E-state index in [4.69, 9.17) is 0 Å². The van der Waals surface area contributed by atoms with Gasteiger partial charge in [0.05, 0.1) is 11.4 Å². The van der Waals surface area contributed by atoms with Gasteiger partial charge in [0.2, 0.25) is 0 Å². The molecular weight excluding hydrogens is 112 g/mol. The van der Waals surface area contributed by atoms with Gasteiger partial charge in [0.1, 0.15) is 0 Å². The van der Waals surface area contributed by atoms with Crippen LogP contribution >= 0.6 is 0 Å². The number of nitrogens with zero attached hydrogens (tertiary/aromatic N) is 1. The van der Waals surface area contributed by atoms with Gasteiger partial charge < -0.3 is 5.32 Å². The summed E-state index contributed by atoms with van der Waals surface area (Å²) < 4.78 is 0. The van der Waals surface area contributed by atoms with Gasteiger partial charge in [-0.05, 0) is 13.1 Å². The third-order valence-electron chi connectivity index (χ3n) is 1.05. The molecule has 0 aromatic heterocycles. The molecule has 0 amide bonds. The average molecular weight is 124 g/mol. The third-order valence-corrected chi connectivity index (χ3v) is 1.05. The van der Waals surface area contributed by atoms with Crippen molar-refractivity contribution in [3.05, 3.63) is 25.1 Å². The first kappa shape index (κ1) is 7.95. The molecule has 0 aromatic rings. The largest absolute Gasteiger partial charge is 0.361 e. The van der Waals surface area contributed by atoms with Crippen molar-refractivity contribution in [2.75, 3.05) is 7.05 Å². The minimum absolute atomic E-state index is 0.799. The summed E-state index contributed by atoms with van der Waals surface area (Å²) in [7, 11) is 1.73. The number of rotatable bonds is 3. The van der Waals surface area contributed by atoms with Crippen LogP contribution in [0.1, 0.15) is 6.92 Å². The fourth-order valence-corrected chi connectivity index (χ4v) is 0.363. The predicted molar refractivity (Wildman–Crippen MR) is 41.5 cm³/mol. The Hall–Kier alpha value is -1.05. The molecule has 0 unspecified atom stereocenters. The number of hydrogen-bond acceptors (Lipinski definition) is 2. The van der Waals surface area contributed by atoms with Gasteiger partial charge in [-0.25, -0.2) is 0 Å². The molecule has 0 radical (unpaired) electrons. The summed E-state index contributed by atoms with van der Waals surface area (Å²) in [6, 6.07) is 0. The van der Waals surface area contributed by atoms with Crippen LogP contribution < -0.4 is 5.32 Å². The predicted octanol–water partition coefficient (Wildman–Crippen LogP) is 1.32. The van der Waals surface area contributed by atoms with E-state index in [1.54, 1.807) is 13.2 Å². The highest BCUT2D eigenvalue weighted by Crippen LogP contribution is 1.87. The zero-order valence-corrected chi connectivity index (χ0v) is 5.94. The number of nitrogens with one attached hydrogen (secondary N) is 1. The van der Waals surface area contributed by atoms with Crippen molar-refractivity contribution in [1.82, 2.24) is 5.32 Å². The quantitative estimate of drug-likeness (QED) is 0.564. The Kier molecular flexibility index (Phi) is 3.44. The van der Waals surface area contributed by atoms with Gasteiger partial charge in [0.25, 0.3) is 0 Å². The fraction of sp³-hybridized carbons (Fsp3) is 0.286. The van der Waals surface area contributed by atoms with Crippen molar-refractivity contribution in [1.29, 1.82) is 0 Å². The van der Waals surface area contributed by atoms with Crippen molar-refractivity contribution >= 4 is 5.71 Å². The lowest BCUT2D eigenvalue weighted by Crippen LogP contribution is -2.10. The Morgan fingerprint density at radius 3 is 2.56 bits per heavy atom. The Balaban J connectivity index is 3.88. The minimum Gasteiger partial charge on any atom is -0.361 e. The molecule has 9 heavy (non-hydrogen) atoms. The second-order valence-corrected chi connectivity index (χ2v) is 1.64. The molecule has 0 spiro atoms. The third kappa shape index (κ3) is 2.69. The number of aliphatic imine (C=N–C) groups is 1. The van der Waals surface area contributed by atoms with E-state index < -0.39 is 0 Å². The van der Waals surface area contributed by atoms with E-state index in [0.717, 1.165) is 11.4 Å². The second kappa shape index (κ2) is 3.89. The second-order valence-electron chi connectivity index (χ2n) is 1.64. The van der Waals surface area contributed by atoms with Gasteiger partial charge in [-0.15, -0.1) is 0 Å². The Morgan fingerprint density at radius 1 is 1.67 bits per heavy atom. The summed E-state index contributed by atoms with van der Waals surface area (Å²) in [4.78, 5) is 3.91. The Labute approximate surface area is 56.0 Å². The van der Waals surface area contributed by atoms with Gasteiger partial charge in [0.15, 0.2) is 0 Å². The van der Waals surface area contributed by atoms with Crippen LogP contribution in [0.15, 0.2) is 30.0 Å². The van der Waals surface area contributed by atoms with Crippen LogP contribution in [0.25, 0.3) is 0 Å². The highest BCUT2D eigenvalue weighted by atomic mass is 14.9. The number of hydrogen-bond donors (Lipinski definition) is 1. The van der Waals surface area contributed by atoms with Crippen molar-refractivity contribution in [3.8, 4) is 0 Å². The highest BCUT2D eigenvalue weighted by molar-refractivity contribution is 5.97. The van der Waals surface area contributed by atoms with E-state index in [0.29, 0.717) is 0 Å². The Bertz CT molecular complexity index is 145. The minimum atomic E-state index is 0.799. The van der Waals surface area contributed by atoms with Crippen LogP contribution in [0.5, 0.6) is 0 Å². The van der Waals surface area contributed by atoms with Gasteiger partial charge in [0, 0.05) is 7.05 Å². The van der Waals surface area contributed by atoms with Crippen LogP contribution in [0.2, 0.25) is 0 Å². The van der Waals surface area contributed by atoms with Crippen LogP contribution in [-0.4, -0.2) is 12.8 Å². The molecule has 0 fully saturated rings. The highest BCUT2D eigenvalue weighted by Gasteiger charge is 1.90. The van der Waals surface area contributed by atoms with E-state index in [9.17, 15) is 0 Å². The molecule has 1 N–H and O–H groups in total. The molecule has 0 aliphatic heterocycles. The van der Waals surface area contributed by atoms with E-state index in [-0.39, 0.29) is 0 Å². The summed E-state index contributed by atoms with van der Waals surface area (Å²) in [5.41, 5.74) is 1.70. The van der Waals surface area contributed by atoms with E-state index in [1.165, 1.54) is 0 Å². The first-order chi connectivity index (χ1) is 4.22. The van der Waals surface area contributed by atoms with Crippen LogP contribution in [0.4, 0.5) is 0 Å². The molecule has 2 nitrogen and oxygen atoms in total. The lowest BCUT2D eigenvalue weighted by atomic mass is 10.3. The standard InChI is InChI=1S/C7H12N2/c1-5-9-7(3)6(2)8-4/h5,9H,1,3H2,2,4H3. The molecule has 0 aliphatic rings. The van der Waals surface area contributed by atoms with Gasteiger partial charge in [-0.2, -0.15) is 0 Å². The van der Waals surface area contributed by atoms with Crippen molar-refractivity contribution in [2.45, 2.75) is 6.92 Å². The van der Waals surface area contributed by atoms with Gasteiger partial charge >= 0.3 is 0 Å². The molecule has 0 aromatic carbocycles. The molecular formula is C7H12N2. The van der Waals surface area contributed by atoms with Crippen LogP contribution in [0.3, 0.4) is 0 Å². The zero-order chi connectivity index (χ0) is 7.28. The maximum absolute atomic E-state index is 3.91. The lowest BCUT2D eigenvalue weighted by Gasteiger charge is -2.01. The first-order valence-corrected chi connectivity index (χ1v) is 2.72. The molecule has 0 rings (SSSR count). The summed E-state index contributed by atoms with van der Waals surface area (Å²) >= 11 is 0. The molecule has 0 heterocycles. The normalized spacial score (nSPS) is 10.7. The molecule has 0 bridgehead atoms. The van der Waals surface area contributed by atoms with E-state index in [2.05, 4.69) is 23.5 Å². The summed E-state index contributed by atoms with van der Waals surface area (Å²) in [5, 5.41) is 2.83. The van der Waals surface area contributed by atoms with Crippen molar-refractivity contribution < 1.29 is 0 Å². The van der Waals surface area contributed by atoms with Gasteiger partial charge in [-0.1, -0.05) is 13.2 Å². The van der Waals surface area contributed by atoms with Crippen LogP contribution in [0, 0.1) is 0 Å². The van der Waals surface area contributed by atoms with Crippen LogP contribution in [-0.2, 0) is 0 Å². The maximum Gasteiger partial charge on any atom is 0.0542 e. The summed E-state index contributed by atoms with van der Waals surface area (Å²) in [5.74, 6) is 0.